The first kappa shape index (κ1) is 19.8. The fraction of sp³-hybridized carbons (Fsp3) is 0.350. The van der Waals surface area contributed by atoms with Gasteiger partial charge in [0.1, 0.15) is 11.9 Å². The number of nitriles is 1. The summed E-state index contributed by atoms with van der Waals surface area (Å²) in [4.78, 5) is 36.3. The average molecular weight is 408 g/mol. The van der Waals surface area contributed by atoms with E-state index in [0.29, 0.717) is 43.4 Å². The van der Waals surface area contributed by atoms with Gasteiger partial charge in [-0.25, -0.2) is 4.98 Å². The molecule has 2 saturated heterocycles. The number of rotatable bonds is 4. The molecule has 2 fully saturated rings. The van der Waals surface area contributed by atoms with Gasteiger partial charge in [-0.05, 0) is 30.3 Å². The smallest absolute Gasteiger partial charge is 0.275 e. The number of hydrogen-bond donors (Lipinski definition) is 2. The third-order valence-electron chi connectivity index (χ3n) is 5.08. The van der Waals surface area contributed by atoms with Crippen LogP contribution in [-0.2, 0) is 9.53 Å². The van der Waals surface area contributed by atoms with Crippen LogP contribution in [0.3, 0.4) is 0 Å². The molecule has 0 aliphatic carbocycles. The molecule has 154 valence electrons. The molecule has 0 radical (unpaired) electrons. The molecule has 1 aromatic heterocycles. The van der Waals surface area contributed by atoms with Gasteiger partial charge < -0.3 is 20.1 Å². The number of nitrogens with one attached hydrogen (secondary N) is 1. The molecule has 2 N–H and O–H groups in total. The topological polar surface area (TPSA) is 132 Å². The lowest BCUT2D eigenvalue weighted by Gasteiger charge is -2.26. The van der Waals surface area contributed by atoms with Gasteiger partial charge in [0.25, 0.3) is 11.8 Å². The molecule has 30 heavy (non-hydrogen) atoms. The summed E-state index contributed by atoms with van der Waals surface area (Å²) >= 11 is 0. The summed E-state index contributed by atoms with van der Waals surface area (Å²) in [6.45, 7) is 2.44. The Kier molecular flexibility index (Phi) is 5.31. The molecular formula is C20H20N6O4. The van der Waals surface area contributed by atoms with E-state index in [1.165, 1.54) is 17.2 Å². The van der Waals surface area contributed by atoms with Crippen molar-refractivity contribution < 1.29 is 19.4 Å². The highest BCUT2D eigenvalue weighted by Crippen LogP contribution is 2.27. The third kappa shape index (κ3) is 3.80. The highest BCUT2D eigenvalue weighted by atomic mass is 16.5. The third-order valence-corrected chi connectivity index (χ3v) is 5.08. The van der Waals surface area contributed by atoms with Crippen molar-refractivity contribution in [2.75, 3.05) is 43.1 Å². The van der Waals surface area contributed by atoms with Gasteiger partial charge in [0.2, 0.25) is 11.5 Å². The first-order chi connectivity index (χ1) is 14.5. The minimum absolute atomic E-state index is 0.0216. The summed E-state index contributed by atoms with van der Waals surface area (Å²) in [6.07, 6.45) is 1.51. The van der Waals surface area contributed by atoms with Gasteiger partial charge in [0.05, 0.1) is 13.2 Å². The molecule has 2 aliphatic rings. The number of aromatic nitrogens is 2. The van der Waals surface area contributed by atoms with E-state index >= 15 is 0 Å². The second kappa shape index (κ2) is 8.06. The molecule has 0 saturated carbocycles. The van der Waals surface area contributed by atoms with E-state index in [4.69, 9.17) is 10.00 Å². The Hall–Kier alpha value is -3.55. The number of carbonyl (C=O) groups is 2. The summed E-state index contributed by atoms with van der Waals surface area (Å²) in [7, 11) is 0. The Balaban J connectivity index is 1.45. The molecule has 0 bridgehead atoms. The van der Waals surface area contributed by atoms with Crippen molar-refractivity contribution in [3.63, 3.8) is 0 Å². The molecule has 10 nitrogen and oxygen atoms in total. The minimum atomic E-state index is -2.01. The molecule has 10 heteroatoms. The highest BCUT2D eigenvalue weighted by Gasteiger charge is 2.46. The lowest BCUT2D eigenvalue weighted by Crippen LogP contribution is -2.40. The van der Waals surface area contributed by atoms with E-state index in [1.54, 1.807) is 35.2 Å². The number of benzene rings is 1. The van der Waals surface area contributed by atoms with Crippen LogP contribution in [0.25, 0.3) is 0 Å². The predicted molar refractivity (Wildman–Crippen MR) is 106 cm³/mol. The predicted octanol–water partition coefficient (Wildman–Crippen LogP) is 0.684. The van der Waals surface area contributed by atoms with E-state index in [9.17, 15) is 14.7 Å². The number of morpholine rings is 1. The maximum Gasteiger partial charge on any atom is 0.275 e. The standard InChI is InChI=1S/C20H20N6O4/c21-13-20(29)6-8-26(18(20)28)16-5-7-22-19(24-16)23-15-3-1-14(2-4-15)17(27)25-9-11-30-12-10-25/h1-5,7,29H,6,8-12H2,(H,22,23,24)/t20-/m0/s1. The maximum absolute atomic E-state index is 12.5. The molecular weight excluding hydrogens is 388 g/mol. The van der Waals surface area contributed by atoms with Crippen molar-refractivity contribution >= 4 is 29.3 Å². The zero-order valence-electron chi connectivity index (χ0n) is 16.1. The van der Waals surface area contributed by atoms with Crippen molar-refractivity contribution in [3.05, 3.63) is 42.1 Å². The van der Waals surface area contributed by atoms with E-state index < -0.39 is 11.5 Å². The van der Waals surface area contributed by atoms with Crippen molar-refractivity contribution in [1.29, 1.82) is 5.26 Å². The number of ether oxygens (including phenoxy) is 1. The van der Waals surface area contributed by atoms with E-state index in [-0.39, 0.29) is 24.8 Å². The fourth-order valence-electron chi connectivity index (χ4n) is 3.36. The zero-order chi connectivity index (χ0) is 21.1. The average Bonchev–Trinajstić information content (AvgIpc) is 3.09. The Morgan fingerprint density at radius 3 is 2.60 bits per heavy atom. The van der Waals surface area contributed by atoms with Crippen molar-refractivity contribution in [1.82, 2.24) is 14.9 Å². The van der Waals surface area contributed by atoms with Gasteiger partial charge >= 0.3 is 0 Å². The van der Waals surface area contributed by atoms with Gasteiger partial charge in [-0.3, -0.25) is 14.5 Å². The van der Waals surface area contributed by atoms with E-state index in [1.807, 2.05) is 0 Å². The van der Waals surface area contributed by atoms with Crippen LogP contribution in [0.5, 0.6) is 0 Å². The quantitative estimate of drug-likeness (QED) is 0.706. The van der Waals surface area contributed by atoms with Gasteiger partial charge in [-0.2, -0.15) is 10.2 Å². The van der Waals surface area contributed by atoms with Crippen molar-refractivity contribution in [2.24, 2.45) is 0 Å². The van der Waals surface area contributed by atoms with Crippen LogP contribution in [0.4, 0.5) is 17.5 Å². The van der Waals surface area contributed by atoms with Gasteiger partial charge in [0.15, 0.2) is 0 Å². The minimum Gasteiger partial charge on any atom is -0.378 e. The normalized spacial score (nSPS) is 21.4. The second-order valence-corrected chi connectivity index (χ2v) is 7.02. The Morgan fingerprint density at radius 1 is 1.20 bits per heavy atom. The molecule has 4 rings (SSSR count). The summed E-state index contributed by atoms with van der Waals surface area (Å²) < 4.78 is 5.27. The zero-order valence-corrected chi connectivity index (χ0v) is 16.1. The first-order valence-corrected chi connectivity index (χ1v) is 9.53. The molecule has 1 atom stereocenters. The molecule has 3 heterocycles. The monoisotopic (exact) mass is 408 g/mol. The fourth-order valence-corrected chi connectivity index (χ4v) is 3.36. The summed E-state index contributed by atoms with van der Waals surface area (Å²) in [5.41, 5.74) is -0.760. The number of amides is 2. The lowest BCUT2D eigenvalue weighted by molar-refractivity contribution is -0.128. The Bertz CT molecular complexity index is 999. The first-order valence-electron chi connectivity index (χ1n) is 9.53. The Labute approximate surface area is 172 Å². The van der Waals surface area contributed by atoms with Crippen molar-refractivity contribution in [2.45, 2.75) is 12.0 Å². The molecule has 0 spiro atoms. The van der Waals surface area contributed by atoms with Gasteiger partial charge in [-0.15, -0.1) is 0 Å². The number of aliphatic hydroxyl groups is 1. The van der Waals surface area contributed by atoms with Crippen LogP contribution in [0, 0.1) is 11.3 Å². The largest absolute Gasteiger partial charge is 0.378 e. The molecule has 1 aromatic carbocycles. The van der Waals surface area contributed by atoms with Gasteiger partial charge in [0, 0.05) is 43.5 Å². The van der Waals surface area contributed by atoms with Crippen LogP contribution >= 0.6 is 0 Å². The number of hydrogen-bond acceptors (Lipinski definition) is 8. The number of anilines is 3. The molecule has 2 amide bonds. The summed E-state index contributed by atoms with van der Waals surface area (Å²) in [6, 6.07) is 10.1. The molecule has 0 unspecified atom stereocenters. The van der Waals surface area contributed by atoms with Crippen LogP contribution in [0.2, 0.25) is 0 Å². The SMILES string of the molecule is N#C[C@@]1(O)CCN(c2ccnc(Nc3ccc(C(=O)N4CCOCC4)cc3)n2)C1=O. The Morgan fingerprint density at radius 2 is 1.93 bits per heavy atom. The lowest BCUT2D eigenvalue weighted by atomic mass is 10.1. The van der Waals surface area contributed by atoms with Crippen LogP contribution in [0.15, 0.2) is 36.5 Å². The van der Waals surface area contributed by atoms with Crippen LogP contribution in [0.1, 0.15) is 16.8 Å². The maximum atomic E-state index is 12.5. The van der Waals surface area contributed by atoms with E-state index in [2.05, 4.69) is 15.3 Å². The number of carbonyl (C=O) groups excluding carboxylic acids is 2. The van der Waals surface area contributed by atoms with E-state index in [0.717, 1.165) is 0 Å². The summed E-state index contributed by atoms with van der Waals surface area (Å²) in [5.74, 6) is -0.191. The highest BCUT2D eigenvalue weighted by molar-refractivity contribution is 6.03. The van der Waals surface area contributed by atoms with Crippen LogP contribution < -0.4 is 10.2 Å². The summed E-state index contributed by atoms with van der Waals surface area (Å²) in [5, 5.41) is 22.1. The van der Waals surface area contributed by atoms with Crippen molar-refractivity contribution in [3.8, 4) is 6.07 Å². The van der Waals surface area contributed by atoms with Gasteiger partial charge in [-0.1, -0.05) is 0 Å². The molecule has 2 aliphatic heterocycles. The second-order valence-electron chi connectivity index (χ2n) is 7.02. The molecule has 2 aromatic rings. The van der Waals surface area contributed by atoms with Crippen LogP contribution in [-0.4, -0.2) is 70.2 Å². The number of nitrogens with zero attached hydrogens (tertiary/aromatic N) is 5.